The van der Waals surface area contributed by atoms with Crippen molar-refractivity contribution in [1.29, 1.82) is 0 Å². The first-order valence-electron chi connectivity index (χ1n) is 12.5. The molecule has 10 heteroatoms. The number of halogens is 4. The van der Waals surface area contributed by atoms with E-state index in [1.54, 1.807) is 54.6 Å². The number of carbonyl (C=O) groups is 1. The molecule has 0 bridgehead atoms. The molecule has 0 N–H and O–H groups in total. The molecule has 1 fully saturated rings. The Labute approximate surface area is 232 Å². The highest BCUT2D eigenvalue weighted by atomic mass is 35.5. The van der Waals surface area contributed by atoms with Gasteiger partial charge in [-0.3, -0.25) is 4.90 Å². The van der Waals surface area contributed by atoms with E-state index < -0.39 is 38.3 Å². The molecule has 4 rings (SSSR count). The van der Waals surface area contributed by atoms with Gasteiger partial charge in [-0.05, 0) is 84.4 Å². The van der Waals surface area contributed by atoms with Gasteiger partial charge in [0.05, 0.1) is 12.2 Å². The zero-order chi connectivity index (χ0) is 28.6. The molecule has 1 aliphatic rings. The summed E-state index contributed by atoms with van der Waals surface area (Å²) >= 11 is 5.93. The zero-order valence-corrected chi connectivity index (χ0v) is 24.1. The molecule has 208 valence electrons. The van der Waals surface area contributed by atoms with Crippen LogP contribution in [0.2, 0.25) is 23.2 Å². The van der Waals surface area contributed by atoms with Crippen molar-refractivity contribution in [3.8, 4) is 11.5 Å². The standard InChI is InChI=1S/C29H31ClF3NO4Si/c1-28(2,3)39(4,5)36-18-25-26(19-7-6-8-20(17-19)29(31,32)33)34(27(35)38-25)22-11-15-24(16-12-22)37-23-13-9-21(30)10-14-23/h6-17,25-26H,18H2,1-5H3/t25-,26-/m0/s1. The van der Waals surface area contributed by atoms with E-state index in [4.69, 9.17) is 25.5 Å². The molecule has 1 amide bonds. The van der Waals surface area contributed by atoms with Gasteiger partial charge < -0.3 is 13.9 Å². The minimum atomic E-state index is -4.53. The molecule has 1 heterocycles. The quantitative estimate of drug-likeness (QED) is 0.263. The molecule has 39 heavy (non-hydrogen) atoms. The van der Waals surface area contributed by atoms with E-state index in [-0.39, 0.29) is 11.6 Å². The first-order chi connectivity index (χ1) is 18.2. The number of hydrogen-bond acceptors (Lipinski definition) is 4. The van der Waals surface area contributed by atoms with E-state index in [2.05, 4.69) is 33.9 Å². The number of hydrogen-bond donors (Lipinski definition) is 0. The number of nitrogens with zero attached hydrogens (tertiary/aromatic N) is 1. The molecule has 0 radical (unpaired) electrons. The zero-order valence-electron chi connectivity index (χ0n) is 22.4. The summed E-state index contributed by atoms with van der Waals surface area (Å²) in [6.45, 7) is 10.5. The first-order valence-corrected chi connectivity index (χ1v) is 15.8. The number of carbonyl (C=O) groups excluding carboxylic acids is 1. The summed E-state index contributed by atoms with van der Waals surface area (Å²) in [5.74, 6) is 1.10. The Morgan fingerprint density at radius 1 is 0.949 bits per heavy atom. The molecular weight excluding hydrogens is 547 g/mol. The Morgan fingerprint density at radius 3 is 2.10 bits per heavy atom. The number of ether oxygens (including phenoxy) is 2. The average molecular weight is 578 g/mol. The number of alkyl halides is 3. The molecule has 0 unspecified atom stereocenters. The summed E-state index contributed by atoms with van der Waals surface area (Å²) in [7, 11) is -2.23. The van der Waals surface area contributed by atoms with Crippen LogP contribution >= 0.6 is 11.6 Å². The minimum absolute atomic E-state index is 0.0669. The van der Waals surface area contributed by atoms with E-state index in [1.165, 1.54) is 11.0 Å². The fourth-order valence-corrected chi connectivity index (χ4v) is 5.14. The predicted octanol–water partition coefficient (Wildman–Crippen LogP) is 9.24. The third-order valence-corrected chi connectivity index (χ3v) is 12.0. The molecule has 0 aromatic heterocycles. The highest BCUT2D eigenvalue weighted by Gasteiger charge is 2.46. The second-order valence-electron chi connectivity index (χ2n) is 11.0. The summed E-state index contributed by atoms with van der Waals surface area (Å²) < 4.78 is 58.6. The van der Waals surface area contributed by atoms with Crippen molar-refractivity contribution < 1.29 is 31.9 Å². The molecule has 0 saturated carbocycles. The van der Waals surface area contributed by atoms with Crippen LogP contribution in [0.15, 0.2) is 72.8 Å². The van der Waals surface area contributed by atoms with Crippen LogP contribution < -0.4 is 9.64 Å². The second-order valence-corrected chi connectivity index (χ2v) is 16.2. The van der Waals surface area contributed by atoms with Crippen molar-refractivity contribution in [3.05, 3.63) is 88.9 Å². The number of cyclic esters (lactones) is 1. The molecule has 2 atom stereocenters. The lowest BCUT2D eigenvalue weighted by Gasteiger charge is -2.37. The predicted molar refractivity (Wildman–Crippen MR) is 148 cm³/mol. The molecule has 0 spiro atoms. The molecule has 0 aliphatic carbocycles. The van der Waals surface area contributed by atoms with Crippen LogP contribution in [0.4, 0.5) is 23.7 Å². The average Bonchev–Trinajstić information content (AvgIpc) is 3.19. The SMILES string of the molecule is CC(C)(C)[Si](C)(C)OC[C@@H]1OC(=O)N(c2ccc(Oc3ccc(Cl)cc3)cc2)[C@H]1c1cccc(C(F)(F)F)c1. The minimum Gasteiger partial charge on any atom is -0.457 e. The van der Waals surface area contributed by atoms with E-state index in [9.17, 15) is 18.0 Å². The Morgan fingerprint density at radius 2 is 1.54 bits per heavy atom. The highest BCUT2D eigenvalue weighted by Crippen LogP contribution is 2.42. The van der Waals surface area contributed by atoms with E-state index in [0.29, 0.717) is 27.8 Å². The molecule has 1 aliphatic heterocycles. The number of rotatable bonds is 7. The fraction of sp³-hybridized carbons (Fsp3) is 0.345. The van der Waals surface area contributed by atoms with Crippen molar-refractivity contribution in [2.24, 2.45) is 0 Å². The van der Waals surface area contributed by atoms with Gasteiger partial charge in [-0.1, -0.05) is 44.5 Å². The van der Waals surface area contributed by atoms with Crippen molar-refractivity contribution in [2.75, 3.05) is 11.5 Å². The van der Waals surface area contributed by atoms with Gasteiger partial charge in [0, 0.05) is 10.7 Å². The van der Waals surface area contributed by atoms with E-state index >= 15 is 0 Å². The molecular formula is C29H31ClF3NO4Si. The van der Waals surface area contributed by atoms with Gasteiger partial charge in [0.2, 0.25) is 0 Å². The van der Waals surface area contributed by atoms with Crippen LogP contribution in [-0.4, -0.2) is 27.1 Å². The number of amides is 1. The summed E-state index contributed by atoms with van der Waals surface area (Å²) in [5.41, 5.74) is -0.0308. The van der Waals surface area contributed by atoms with Crippen LogP contribution in [0.3, 0.4) is 0 Å². The molecule has 3 aromatic rings. The Balaban J connectivity index is 1.66. The first kappa shape index (κ1) is 29.0. The van der Waals surface area contributed by atoms with E-state index in [1.807, 2.05) is 0 Å². The topological polar surface area (TPSA) is 48.0 Å². The lowest BCUT2D eigenvalue weighted by Crippen LogP contribution is -2.43. The third-order valence-electron chi connectivity index (χ3n) is 7.21. The third kappa shape index (κ3) is 6.59. The van der Waals surface area contributed by atoms with Gasteiger partial charge >= 0.3 is 12.3 Å². The molecule has 5 nitrogen and oxygen atoms in total. The Hall–Kier alpha value is -3.01. The Bertz CT molecular complexity index is 1310. The van der Waals surface area contributed by atoms with Crippen LogP contribution in [0.25, 0.3) is 0 Å². The molecule has 1 saturated heterocycles. The van der Waals surface area contributed by atoms with Crippen LogP contribution in [0.1, 0.15) is 37.9 Å². The highest BCUT2D eigenvalue weighted by molar-refractivity contribution is 6.74. The summed E-state index contributed by atoms with van der Waals surface area (Å²) in [6.07, 6.45) is -5.99. The van der Waals surface area contributed by atoms with Gasteiger partial charge in [0.15, 0.2) is 14.4 Å². The van der Waals surface area contributed by atoms with Crippen LogP contribution in [0, 0.1) is 0 Å². The van der Waals surface area contributed by atoms with E-state index in [0.717, 1.165) is 12.1 Å². The second kappa shape index (κ2) is 10.9. The maximum atomic E-state index is 13.6. The van der Waals surface area contributed by atoms with Gasteiger partial charge in [-0.15, -0.1) is 0 Å². The lowest BCUT2D eigenvalue weighted by atomic mass is 9.98. The smallest absolute Gasteiger partial charge is 0.416 e. The maximum Gasteiger partial charge on any atom is 0.416 e. The van der Waals surface area contributed by atoms with Gasteiger partial charge in [-0.25, -0.2) is 4.79 Å². The number of benzene rings is 3. The van der Waals surface area contributed by atoms with Gasteiger partial charge in [-0.2, -0.15) is 13.2 Å². The normalized spacial score (nSPS) is 18.3. The van der Waals surface area contributed by atoms with Crippen LogP contribution in [0.5, 0.6) is 11.5 Å². The summed E-state index contributed by atoms with van der Waals surface area (Å²) in [4.78, 5) is 14.5. The van der Waals surface area contributed by atoms with Gasteiger partial charge in [0.1, 0.15) is 17.5 Å². The van der Waals surface area contributed by atoms with Crippen molar-refractivity contribution in [2.45, 2.75) is 57.2 Å². The fourth-order valence-electron chi connectivity index (χ4n) is 4.00. The largest absolute Gasteiger partial charge is 0.457 e. The lowest BCUT2D eigenvalue weighted by molar-refractivity contribution is -0.137. The van der Waals surface area contributed by atoms with Crippen molar-refractivity contribution in [1.82, 2.24) is 0 Å². The van der Waals surface area contributed by atoms with Crippen LogP contribution in [-0.2, 0) is 15.3 Å². The number of anilines is 1. The van der Waals surface area contributed by atoms with Crippen molar-refractivity contribution in [3.63, 3.8) is 0 Å². The summed E-state index contributed by atoms with van der Waals surface area (Å²) in [6, 6.07) is 17.7. The summed E-state index contributed by atoms with van der Waals surface area (Å²) in [5, 5.41) is 0.485. The van der Waals surface area contributed by atoms with Gasteiger partial charge in [0.25, 0.3) is 0 Å². The van der Waals surface area contributed by atoms with Crippen molar-refractivity contribution >= 4 is 31.7 Å². The Kier molecular flexibility index (Phi) is 8.07. The molecule has 3 aromatic carbocycles. The maximum absolute atomic E-state index is 13.6. The monoisotopic (exact) mass is 577 g/mol.